The van der Waals surface area contributed by atoms with Gasteiger partial charge in [0.25, 0.3) is 0 Å². The molecular weight excluding hydrogens is 375 g/mol. The van der Waals surface area contributed by atoms with Gasteiger partial charge in [0.2, 0.25) is 0 Å². The molecule has 7 heteroatoms. The van der Waals surface area contributed by atoms with Crippen LogP contribution in [-0.4, -0.2) is 11.0 Å². The monoisotopic (exact) mass is 389 g/mol. The molecule has 27 heavy (non-hydrogen) atoms. The summed E-state index contributed by atoms with van der Waals surface area (Å²) in [6.45, 7) is 0.0273. The molecule has 0 aliphatic heterocycles. The van der Waals surface area contributed by atoms with E-state index in [1.54, 1.807) is 0 Å². The Labute approximate surface area is 157 Å². The van der Waals surface area contributed by atoms with Gasteiger partial charge in [0.15, 0.2) is 0 Å². The Balaban J connectivity index is 1.54. The highest BCUT2D eigenvalue weighted by atomic mass is 32.1. The van der Waals surface area contributed by atoms with Crippen LogP contribution in [-0.2, 0) is 22.3 Å². The number of ether oxygens (including phenoxy) is 1. The molecule has 0 saturated carbocycles. The van der Waals surface area contributed by atoms with Crippen molar-refractivity contribution in [3.05, 3.63) is 82.9 Å². The molecule has 0 fully saturated rings. The zero-order valence-electron chi connectivity index (χ0n) is 13.9. The molecule has 0 atom stereocenters. The summed E-state index contributed by atoms with van der Waals surface area (Å²) in [5.74, 6) is -0.593. The lowest BCUT2D eigenvalue weighted by Crippen LogP contribution is -2.04. The number of halogens is 3. The fourth-order valence-electron chi connectivity index (χ4n) is 2.23. The van der Waals surface area contributed by atoms with Gasteiger partial charge in [0, 0.05) is 17.0 Å². The highest BCUT2D eigenvalue weighted by Crippen LogP contribution is 2.29. The van der Waals surface area contributed by atoms with Gasteiger partial charge in [-0.3, -0.25) is 0 Å². The third-order valence-corrected chi connectivity index (χ3v) is 4.52. The standard InChI is InChI=1S/C20H14F3NO2S/c21-20(22,23)16-9-6-14(7-10-16)8-11-18(25)26-12-17-13-27-19(24-17)15-4-2-1-3-5-15/h1-11,13H,12H2/b11-8+. The van der Waals surface area contributed by atoms with E-state index in [1.807, 2.05) is 35.7 Å². The first kappa shape index (κ1) is 18.8. The predicted octanol–water partition coefficient (Wildman–Crippen LogP) is 5.59. The van der Waals surface area contributed by atoms with Gasteiger partial charge < -0.3 is 4.74 Å². The van der Waals surface area contributed by atoms with Crippen LogP contribution in [0.3, 0.4) is 0 Å². The third-order valence-electron chi connectivity index (χ3n) is 3.58. The second-order valence-electron chi connectivity index (χ2n) is 5.57. The molecule has 0 radical (unpaired) electrons. The minimum atomic E-state index is -4.38. The average Bonchev–Trinajstić information content (AvgIpc) is 3.14. The number of esters is 1. The van der Waals surface area contributed by atoms with Gasteiger partial charge in [-0.25, -0.2) is 9.78 Å². The second-order valence-corrected chi connectivity index (χ2v) is 6.43. The van der Waals surface area contributed by atoms with Crippen molar-refractivity contribution < 1.29 is 22.7 Å². The first-order valence-corrected chi connectivity index (χ1v) is 8.82. The van der Waals surface area contributed by atoms with Crippen LogP contribution in [0.5, 0.6) is 0 Å². The molecule has 1 heterocycles. The first-order valence-electron chi connectivity index (χ1n) is 7.94. The molecule has 138 valence electrons. The van der Waals surface area contributed by atoms with E-state index >= 15 is 0 Å². The summed E-state index contributed by atoms with van der Waals surface area (Å²) >= 11 is 1.46. The van der Waals surface area contributed by atoms with Gasteiger partial charge in [-0.1, -0.05) is 42.5 Å². The van der Waals surface area contributed by atoms with Crippen molar-refractivity contribution in [3.63, 3.8) is 0 Å². The average molecular weight is 389 g/mol. The summed E-state index contributed by atoms with van der Waals surface area (Å²) in [6.07, 6.45) is -1.81. The Hall–Kier alpha value is -2.93. The molecule has 3 rings (SSSR count). The smallest absolute Gasteiger partial charge is 0.416 e. The van der Waals surface area contributed by atoms with Crippen LogP contribution in [0.1, 0.15) is 16.8 Å². The van der Waals surface area contributed by atoms with Crippen molar-refractivity contribution in [1.29, 1.82) is 0 Å². The van der Waals surface area contributed by atoms with Gasteiger partial charge in [-0.05, 0) is 23.8 Å². The molecule has 0 bridgehead atoms. The number of hydrogen-bond acceptors (Lipinski definition) is 4. The summed E-state index contributed by atoms with van der Waals surface area (Å²) in [7, 11) is 0. The lowest BCUT2D eigenvalue weighted by molar-refractivity contribution is -0.139. The lowest BCUT2D eigenvalue weighted by atomic mass is 10.1. The fourth-order valence-corrected chi connectivity index (χ4v) is 3.04. The van der Waals surface area contributed by atoms with Gasteiger partial charge in [-0.15, -0.1) is 11.3 Å². The van der Waals surface area contributed by atoms with Crippen LogP contribution >= 0.6 is 11.3 Å². The van der Waals surface area contributed by atoms with E-state index in [0.29, 0.717) is 11.3 Å². The normalized spacial score (nSPS) is 11.7. The summed E-state index contributed by atoms with van der Waals surface area (Å²) in [4.78, 5) is 16.2. The van der Waals surface area contributed by atoms with Crippen molar-refractivity contribution in [1.82, 2.24) is 4.98 Å². The van der Waals surface area contributed by atoms with Gasteiger partial charge >= 0.3 is 12.1 Å². The van der Waals surface area contributed by atoms with E-state index in [9.17, 15) is 18.0 Å². The van der Waals surface area contributed by atoms with Crippen LogP contribution in [0.4, 0.5) is 13.2 Å². The van der Waals surface area contributed by atoms with Crippen molar-refractivity contribution in [2.24, 2.45) is 0 Å². The van der Waals surface area contributed by atoms with E-state index in [-0.39, 0.29) is 6.61 Å². The molecule has 0 amide bonds. The molecule has 0 aliphatic carbocycles. The van der Waals surface area contributed by atoms with Crippen molar-refractivity contribution in [3.8, 4) is 10.6 Å². The zero-order valence-corrected chi connectivity index (χ0v) is 14.8. The topological polar surface area (TPSA) is 39.2 Å². The molecule has 0 aliphatic rings. The number of carbonyl (C=O) groups excluding carboxylic acids is 1. The maximum Gasteiger partial charge on any atom is 0.416 e. The zero-order chi connectivity index (χ0) is 19.3. The molecular formula is C20H14F3NO2S. The maximum atomic E-state index is 12.5. The van der Waals surface area contributed by atoms with Crippen LogP contribution in [0.15, 0.2) is 66.1 Å². The summed E-state index contributed by atoms with van der Waals surface area (Å²) < 4.78 is 42.6. The van der Waals surface area contributed by atoms with Crippen LogP contribution in [0.25, 0.3) is 16.6 Å². The summed E-state index contributed by atoms with van der Waals surface area (Å²) in [5, 5.41) is 2.65. The van der Waals surface area contributed by atoms with E-state index in [0.717, 1.165) is 22.7 Å². The molecule has 0 saturated heterocycles. The van der Waals surface area contributed by atoms with Crippen LogP contribution in [0, 0.1) is 0 Å². The Morgan fingerprint density at radius 1 is 1.07 bits per heavy atom. The highest BCUT2D eigenvalue weighted by molar-refractivity contribution is 7.13. The summed E-state index contributed by atoms with van der Waals surface area (Å²) in [6, 6.07) is 14.2. The van der Waals surface area contributed by atoms with Gasteiger partial charge in [0.05, 0.1) is 11.3 Å². The summed E-state index contributed by atoms with van der Waals surface area (Å²) in [5.41, 5.74) is 1.36. The van der Waals surface area contributed by atoms with Crippen molar-refractivity contribution >= 4 is 23.4 Å². The number of rotatable bonds is 5. The van der Waals surface area contributed by atoms with Gasteiger partial charge in [0.1, 0.15) is 11.6 Å². The predicted molar refractivity (Wildman–Crippen MR) is 97.8 cm³/mol. The number of benzene rings is 2. The van der Waals surface area contributed by atoms with Gasteiger partial charge in [-0.2, -0.15) is 13.2 Å². The molecule has 1 aromatic heterocycles. The minimum absolute atomic E-state index is 0.0273. The number of aromatic nitrogens is 1. The number of hydrogen-bond donors (Lipinski definition) is 0. The maximum absolute atomic E-state index is 12.5. The van der Waals surface area contributed by atoms with Crippen molar-refractivity contribution in [2.75, 3.05) is 0 Å². The van der Waals surface area contributed by atoms with Crippen molar-refractivity contribution in [2.45, 2.75) is 12.8 Å². The quantitative estimate of drug-likeness (QED) is 0.422. The highest BCUT2D eigenvalue weighted by Gasteiger charge is 2.29. The Bertz CT molecular complexity index is 932. The molecule has 3 nitrogen and oxygen atoms in total. The number of nitrogens with zero attached hydrogens (tertiary/aromatic N) is 1. The lowest BCUT2D eigenvalue weighted by Gasteiger charge is -2.05. The molecule has 0 N–H and O–H groups in total. The molecule has 3 aromatic rings. The second kappa shape index (κ2) is 8.18. The number of alkyl halides is 3. The fraction of sp³-hybridized carbons (Fsp3) is 0.100. The molecule has 0 unspecified atom stereocenters. The van der Waals surface area contributed by atoms with Crippen LogP contribution in [0.2, 0.25) is 0 Å². The Morgan fingerprint density at radius 3 is 2.44 bits per heavy atom. The molecule has 0 spiro atoms. The van der Waals surface area contributed by atoms with E-state index in [1.165, 1.54) is 35.6 Å². The first-order chi connectivity index (χ1) is 12.9. The number of thiazole rings is 1. The third kappa shape index (κ3) is 5.27. The number of carbonyl (C=O) groups is 1. The SMILES string of the molecule is O=C(/C=C/c1ccc(C(F)(F)F)cc1)OCc1csc(-c2ccccc2)n1. The minimum Gasteiger partial charge on any atom is -0.456 e. The van der Waals surface area contributed by atoms with Crippen LogP contribution < -0.4 is 0 Å². The largest absolute Gasteiger partial charge is 0.456 e. The Morgan fingerprint density at radius 2 is 1.78 bits per heavy atom. The van der Waals surface area contributed by atoms with E-state index in [2.05, 4.69) is 4.98 Å². The van der Waals surface area contributed by atoms with E-state index in [4.69, 9.17) is 4.74 Å². The van der Waals surface area contributed by atoms with E-state index < -0.39 is 17.7 Å². The molecule has 2 aromatic carbocycles. The Kier molecular flexibility index (Phi) is 5.71.